The molecule has 1 aromatic carbocycles. The van der Waals surface area contributed by atoms with Crippen LogP contribution in [0, 0.1) is 23.2 Å². The summed E-state index contributed by atoms with van der Waals surface area (Å²) < 4.78 is 0. The number of hydrogen-bond donors (Lipinski definition) is 1. The number of nitrogens with one attached hydrogen (secondary N) is 1. The van der Waals surface area contributed by atoms with Crippen LogP contribution >= 0.6 is 0 Å². The number of carbonyl (C=O) groups excluding carboxylic acids is 2. The summed E-state index contributed by atoms with van der Waals surface area (Å²) >= 11 is 0. The van der Waals surface area contributed by atoms with Crippen molar-refractivity contribution >= 4 is 11.7 Å². The zero-order chi connectivity index (χ0) is 14.4. The summed E-state index contributed by atoms with van der Waals surface area (Å²) in [5.41, 5.74) is 0.950. The van der Waals surface area contributed by atoms with Crippen molar-refractivity contribution in [3.63, 3.8) is 0 Å². The second-order valence-corrected chi connectivity index (χ2v) is 5.15. The zero-order valence-electron chi connectivity index (χ0n) is 11.3. The number of carbonyl (C=O) groups is 2. The van der Waals surface area contributed by atoms with Crippen LogP contribution in [-0.4, -0.2) is 11.7 Å². The highest BCUT2D eigenvalue weighted by molar-refractivity contribution is 6.04. The Kier molecular flexibility index (Phi) is 4.89. The Bertz CT molecular complexity index is 513. The van der Waals surface area contributed by atoms with Crippen LogP contribution in [0.25, 0.3) is 0 Å². The lowest BCUT2D eigenvalue weighted by atomic mass is 9.92. The predicted octanol–water partition coefficient (Wildman–Crippen LogP) is 2.20. The molecule has 0 saturated heterocycles. The Labute approximate surface area is 118 Å². The van der Waals surface area contributed by atoms with Gasteiger partial charge in [0.15, 0.2) is 11.7 Å². The van der Waals surface area contributed by atoms with Gasteiger partial charge in [-0.1, -0.05) is 43.2 Å². The molecule has 0 heterocycles. The van der Waals surface area contributed by atoms with Gasteiger partial charge in [0.25, 0.3) is 0 Å². The van der Waals surface area contributed by atoms with Crippen molar-refractivity contribution < 1.29 is 9.59 Å². The van der Waals surface area contributed by atoms with Gasteiger partial charge in [-0.2, -0.15) is 5.26 Å². The SMILES string of the molecule is N#C[C@H](C(=O)NCc1ccccc1)C(=O)C1CCCC1. The summed E-state index contributed by atoms with van der Waals surface area (Å²) in [5, 5.41) is 11.8. The van der Waals surface area contributed by atoms with Crippen LogP contribution < -0.4 is 5.32 Å². The maximum atomic E-state index is 12.1. The summed E-state index contributed by atoms with van der Waals surface area (Å²) in [4.78, 5) is 24.1. The Morgan fingerprint density at radius 2 is 1.90 bits per heavy atom. The summed E-state index contributed by atoms with van der Waals surface area (Å²) in [6, 6.07) is 11.3. The topological polar surface area (TPSA) is 70.0 Å². The standard InChI is InChI=1S/C16H18N2O2/c17-10-14(15(19)13-8-4-5-9-13)16(20)18-11-12-6-2-1-3-7-12/h1-3,6-7,13-14H,4-5,8-9,11H2,(H,18,20)/t14-/m0/s1. The largest absolute Gasteiger partial charge is 0.350 e. The van der Waals surface area contributed by atoms with Gasteiger partial charge in [-0.05, 0) is 18.4 Å². The number of amides is 1. The molecule has 1 aromatic rings. The lowest BCUT2D eigenvalue weighted by Gasteiger charge is -2.13. The molecular formula is C16H18N2O2. The Morgan fingerprint density at radius 3 is 2.50 bits per heavy atom. The fraction of sp³-hybridized carbons (Fsp3) is 0.438. The van der Waals surface area contributed by atoms with Crippen LogP contribution in [-0.2, 0) is 16.1 Å². The van der Waals surface area contributed by atoms with Gasteiger partial charge in [-0.3, -0.25) is 9.59 Å². The molecule has 1 saturated carbocycles. The first-order valence-corrected chi connectivity index (χ1v) is 6.97. The zero-order valence-corrected chi connectivity index (χ0v) is 11.3. The highest BCUT2D eigenvalue weighted by atomic mass is 16.2. The van der Waals surface area contributed by atoms with Crippen LogP contribution in [0.4, 0.5) is 0 Å². The van der Waals surface area contributed by atoms with Gasteiger partial charge in [0, 0.05) is 12.5 Å². The maximum Gasteiger partial charge on any atom is 0.245 e. The number of hydrogen-bond acceptors (Lipinski definition) is 3. The number of rotatable bonds is 5. The normalized spacial score (nSPS) is 16.4. The third-order valence-electron chi connectivity index (χ3n) is 3.74. The molecule has 104 valence electrons. The molecule has 1 N–H and O–H groups in total. The Morgan fingerprint density at radius 1 is 1.25 bits per heavy atom. The molecule has 1 aliphatic rings. The lowest BCUT2D eigenvalue weighted by Crippen LogP contribution is -2.36. The maximum absolute atomic E-state index is 12.1. The molecule has 4 heteroatoms. The van der Waals surface area contributed by atoms with Gasteiger partial charge in [0.05, 0.1) is 6.07 Å². The van der Waals surface area contributed by atoms with Crippen LogP contribution in [0.3, 0.4) is 0 Å². The average Bonchev–Trinajstić information content (AvgIpc) is 3.01. The molecule has 0 unspecified atom stereocenters. The molecule has 1 atom stereocenters. The number of Topliss-reactive ketones (excluding diaryl/α,β-unsaturated/α-hetero) is 1. The highest BCUT2D eigenvalue weighted by Crippen LogP contribution is 2.27. The average molecular weight is 270 g/mol. The van der Waals surface area contributed by atoms with Crippen LogP contribution in [0.1, 0.15) is 31.2 Å². The Hall–Kier alpha value is -2.15. The van der Waals surface area contributed by atoms with Gasteiger partial charge in [0.2, 0.25) is 5.91 Å². The molecular weight excluding hydrogens is 252 g/mol. The quantitative estimate of drug-likeness (QED) is 0.834. The van der Waals surface area contributed by atoms with E-state index in [-0.39, 0.29) is 11.7 Å². The molecule has 0 bridgehead atoms. The monoisotopic (exact) mass is 270 g/mol. The smallest absolute Gasteiger partial charge is 0.245 e. The van der Waals surface area contributed by atoms with Gasteiger partial charge < -0.3 is 5.32 Å². The second-order valence-electron chi connectivity index (χ2n) is 5.15. The summed E-state index contributed by atoms with van der Waals surface area (Å²) in [6.07, 6.45) is 3.65. The summed E-state index contributed by atoms with van der Waals surface area (Å²) in [7, 11) is 0. The molecule has 1 aliphatic carbocycles. The third-order valence-corrected chi connectivity index (χ3v) is 3.74. The number of nitrogens with zero attached hydrogens (tertiary/aromatic N) is 1. The van der Waals surface area contributed by atoms with Crippen molar-refractivity contribution in [2.24, 2.45) is 11.8 Å². The molecule has 0 aliphatic heterocycles. The minimum Gasteiger partial charge on any atom is -0.350 e. The van der Waals surface area contributed by atoms with E-state index < -0.39 is 11.8 Å². The molecule has 0 aromatic heterocycles. The van der Waals surface area contributed by atoms with Crippen LogP contribution in [0.5, 0.6) is 0 Å². The molecule has 20 heavy (non-hydrogen) atoms. The van der Waals surface area contributed by atoms with Crippen molar-refractivity contribution in [2.75, 3.05) is 0 Å². The first-order chi connectivity index (χ1) is 9.72. The van der Waals surface area contributed by atoms with E-state index in [2.05, 4.69) is 5.32 Å². The van der Waals surface area contributed by atoms with Crippen molar-refractivity contribution in [3.8, 4) is 6.07 Å². The Balaban J connectivity index is 1.92. The summed E-state index contributed by atoms with van der Waals surface area (Å²) in [5.74, 6) is -1.97. The van der Waals surface area contributed by atoms with Gasteiger partial charge >= 0.3 is 0 Å². The molecule has 1 amide bonds. The molecule has 4 nitrogen and oxygen atoms in total. The highest BCUT2D eigenvalue weighted by Gasteiger charge is 2.33. The number of nitriles is 1. The fourth-order valence-corrected chi connectivity index (χ4v) is 2.58. The van der Waals surface area contributed by atoms with E-state index in [1.54, 1.807) is 0 Å². The molecule has 0 spiro atoms. The van der Waals surface area contributed by atoms with E-state index in [0.29, 0.717) is 6.54 Å². The van der Waals surface area contributed by atoms with E-state index in [9.17, 15) is 9.59 Å². The second kappa shape index (κ2) is 6.85. The minimum absolute atomic E-state index is 0.109. The van der Waals surface area contributed by atoms with E-state index in [1.165, 1.54) is 0 Å². The number of ketones is 1. The van der Waals surface area contributed by atoms with E-state index in [1.807, 2.05) is 36.4 Å². The predicted molar refractivity (Wildman–Crippen MR) is 74.4 cm³/mol. The lowest BCUT2D eigenvalue weighted by molar-refractivity contribution is -0.133. The molecule has 0 radical (unpaired) electrons. The first kappa shape index (κ1) is 14.3. The van der Waals surface area contributed by atoms with Crippen molar-refractivity contribution in [3.05, 3.63) is 35.9 Å². The number of benzene rings is 1. The van der Waals surface area contributed by atoms with E-state index in [4.69, 9.17) is 5.26 Å². The van der Waals surface area contributed by atoms with Crippen LogP contribution in [0.15, 0.2) is 30.3 Å². The van der Waals surface area contributed by atoms with Gasteiger partial charge in [-0.15, -0.1) is 0 Å². The minimum atomic E-state index is -1.16. The van der Waals surface area contributed by atoms with Crippen molar-refractivity contribution in [1.82, 2.24) is 5.32 Å². The van der Waals surface area contributed by atoms with E-state index in [0.717, 1.165) is 31.2 Å². The summed E-state index contributed by atoms with van der Waals surface area (Å²) in [6.45, 7) is 0.343. The van der Waals surface area contributed by atoms with Crippen molar-refractivity contribution in [2.45, 2.75) is 32.2 Å². The van der Waals surface area contributed by atoms with E-state index >= 15 is 0 Å². The van der Waals surface area contributed by atoms with Crippen molar-refractivity contribution in [1.29, 1.82) is 5.26 Å². The molecule has 1 fully saturated rings. The van der Waals surface area contributed by atoms with Gasteiger partial charge in [0.1, 0.15) is 0 Å². The molecule has 2 rings (SSSR count). The first-order valence-electron chi connectivity index (χ1n) is 6.97. The fourth-order valence-electron chi connectivity index (χ4n) is 2.58. The third kappa shape index (κ3) is 3.45. The van der Waals surface area contributed by atoms with Gasteiger partial charge in [-0.25, -0.2) is 0 Å². The van der Waals surface area contributed by atoms with Crippen LogP contribution in [0.2, 0.25) is 0 Å².